The molecule has 0 radical (unpaired) electrons. The van der Waals surface area contributed by atoms with Gasteiger partial charge in [0.2, 0.25) is 0 Å². The molecule has 2 N–H and O–H groups in total. The Morgan fingerprint density at radius 2 is 1.94 bits per heavy atom. The second-order valence-corrected chi connectivity index (χ2v) is 5.29. The fourth-order valence-corrected chi connectivity index (χ4v) is 2.94. The zero-order valence-electron chi connectivity index (χ0n) is 10.2. The van der Waals surface area contributed by atoms with Crippen molar-refractivity contribution in [2.45, 2.75) is 44.1 Å². The number of rotatable bonds is 2. The van der Waals surface area contributed by atoms with Crippen LogP contribution in [0.25, 0.3) is 0 Å². The van der Waals surface area contributed by atoms with Crippen molar-refractivity contribution < 1.29 is 0 Å². The van der Waals surface area contributed by atoms with Crippen molar-refractivity contribution in [3.8, 4) is 0 Å². The molecular formula is C13H20N4. The molecule has 3 rings (SSSR count). The van der Waals surface area contributed by atoms with E-state index in [1.807, 2.05) is 0 Å². The Morgan fingerprint density at radius 3 is 2.53 bits per heavy atom. The molecule has 1 aliphatic heterocycles. The standard InChI is InChI=1S/C13H20N4/c14-11-7-8-17(9-11)13-6-5-12(15-16-13)10-3-1-2-4-10/h5-6,10-11H,1-4,7-9,14H2. The van der Waals surface area contributed by atoms with Gasteiger partial charge in [0.15, 0.2) is 5.82 Å². The topological polar surface area (TPSA) is 55.0 Å². The van der Waals surface area contributed by atoms with Crippen molar-refractivity contribution in [3.63, 3.8) is 0 Å². The Balaban J connectivity index is 1.71. The van der Waals surface area contributed by atoms with Crippen molar-refractivity contribution in [1.29, 1.82) is 0 Å². The summed E-state index contributed by atoms with van der Waals surface area (Å²) >= 11 is 0. The highest BCUT2D eigenvalue weighted by molar-refractivity contribution is 5.39. The van der Waals surface area contributed by atoms with Gasteiger partial charge in [0.05, 0.1) is 5.69 Å². The predicted molar refractivity (Wildman–Crippen MR) is 68.0 cm³/mol. The summed E-state index contributed by atoms with van der Waals surface area (Å²) < 4.78 is 0. The first-order valence-corrected chi connectivity index (χ1v) is 6.67. The largest absolute Gasteiger partial charge is 0.354 e. The van der Waals surface area contributed by atoms with Gasteiger partial charge in [0.25, 0.3) is 0 Å². The van der Waals surface area contributed by atoms with Gasteiger partial charge in [-0.25, -0.2) is 0 Å². The van der Waals surface area contributed by atoms with E-state index in [0.717, 1.165) is 25.3 Å². The second kappa shape index (κ2) is 4.61. The van der Waals surface area contributed by atoms with E-state index in [1.54, 1.807) is 0 Å². The number of hydrogen-bond acceptors (Lipinski definition) is 4. The van der Waals surface area contributed by atoms with Gasteiger partial charge in [0, 0.05) is 25.0 Å². The van der Waals surface area contributed by atoms with Crippen molar-refractivity contribution in [1.82, 2.24) is 10.2 Å². The molecule has 4 heteroatoms. The van der Waals surface area contributed by atoms with Crippen LogP contribution in [-0.2, 0) is 0 Å². The monoisotopic (exact) mass is 232 g/mol. The van der Waals surface area contributed by atoms with E-state index in [4.69, 9.17) is 5.73 Å². The highest BCUT2D eigenvalue weighted by atomic mass is 15.3. The Bertz CT molecular complexity index is 370. The summed E-state index contributed by atoms with van der Waals surface area (Å²) in [4.78, 5) is 2.23. The van der Waals surface area contributed by atoms with Crippen molar-refractivity contribution in [2.75, 3.05) is 18.0 Å². The van der Waals surface area contributed by atoms with Crippen LogP contribution in [-0.4, -0.2) is 29.3 Å². The average Bonchev–Trinajstić information content (AvgIpc) is 3.00. The summed E-state index contributed by atoms with van der Waals surface area (Å²) in [6.45, 7) is 1.93. The average molecular weight is 232 g/mol. The molecule has 1 saturated heterocycles. The predicted octanol–water partition coefficient (Wildman–Crippen LogP) is 1.67. The van der Waals surface area contributed by atoms with E-state index in [0.29, 0.717) is 12.0 Å². The quantitative estimate of drug-likeness (QED) is 0.842. The lowest BCUT2D eigenvalue weighted by atomic mass is 10.0. The summed E-state index contributed by atoms with van der Waals surface area (Å²) in [5.41, 5.74) is 7.08. The van der Waals surface area contributed by atoms with Gasteiger partial charge in [-0.3, -0.25) is 0 Å². The third-order valence-corrected chi connectivity index (χ3v) is 3.99. The molecule has 1 atom stereocenters. The zero-order valence-corrected chi connectivity index (χ0v) is 10.2. The van der Waals surface area contributed by atoms with E-state index >= 15 is 0 Å². The molecule has 0 spiro atoms. The highest BCUT2D eigenvalue weighted by Crippen LogP contribution is 2.33. The minimum Gasteiger partial charge on any atom is -0.354 e. The third-order valence-electron chi connectivity index (χ3n) is 3.99. The molecule has 2 aliphatic rings. The Kier molecular flexibility index (Phi) is 2.97. The fraction of sp³-hybridized carbons (Fsp3) is 0.692. The molecule has 0 bridgehead atoms. The Hall–Kier alpha value is -1.16. The van der Waals surface area contributed by atoms with Gasteiger partial charge in [0.1, 0.15) is 0 Å². The maximum absolute atomic E-state index is 5.90. The van der Waals surface area contributed by atoms with E-state index in [9.17, 15) is 0 Å². The highest BCUT2D eigenvalue weighted by Gasteiger charge is 2.22. The van der Waals surface area contributed by atoms with Crippen molar-refractivity contribution in [2.24, 2.45) is 5.73 Å². The molecule has 17 heavy (non-hydrogen) atoms. The molecule has 1 unspecified atom stereocenters. The van der Waals surface area contributed by atoms with Gasteiger partial charge >= 0.3 is 0 Å². The van der Waals surface area contributed by atoms with E-state index in [2.05, 4.69) is 27.2 Å². The lowest BCUT2D eigenvalue weighted by Crippen LogP contribution is -2.27. The van der Waals surface area contributed by atoms with Crippen molar-refractivity contribution >= 4 is 5.82 Å². The summed E-state index contributed by atoms with van der Waals surface area (Å²) in [5, 5.41) is 8.76. The summed E-state index contributed by atoms with van der Waals surface area (Å²) in [6, 6.07) is 4.56. The third kappa shape index (κ3) is 2.27. The number of aromatic nitrogens is 2. The normalized spacial score (nSPS) is 25.7. The number of nitrogens with zero attached hydrogens (tertiary/aromatic N) is 3. The molecule has 1 aliphatic carbocycles. The van der Waals surface area contributed by atoms with Crippen LogP contribution in [0.5, 0.6) is 0 Å². The van der Waals surface area contributed by atoms with Gasteiger partial charge < -0.3 is 10.6 Å². The van der Waals surface area contributed by atoms with Gasteiger partial charge in [-0.1, -0.05) is 12.8 Å². The van der Waals surface area contributed by atoms with Crippen molar-refractivity contribution in [3.05, 3.63) is 17.8 Å². The van der Waals surface area contributed by atoms with Crippen LogP contribution >= 0.6 is 0 Å². The van der Waals surface area contributed by atoms with Crippen LogP contribution in [0.2, 0.25) is 0 Å². The smallest absolute Gasteiger partial charge is 0.151 e. The molecular weight excluding hydrogens is 212 g/mol. The molecule has 0 amide bonds. The lowest BCUT2D eigenvalue weighted by molar-refractivity contribution is 0.678. The van der Waals surface area contributed by atoms with Gasteiger partial charge in [-0.2, -0.15) is 5.10 Å². The zero-order chi connectivity index (χ0) is 11.7. The van der Waals surface area contributed by atoms with Crippen LogP contribution in [0, 0.1) is 0 Å². The van der Waals surface area contributed by atoms with E-state index < -0.39 is 0 Å². The number of nitrogens with two attached hydrogens (primary N) is 1. The maximum atomic E-state index is 5.90. The second-order valence-electron chi connectivity index (χ2n) is 5.29. The van der Waals surface area contributed by atoms with Gasteiger partial charge in [-0.15, -0.1) is 5.10 Å². The number of anilines is 1. The van der Waals surface area contributed by atoms with Gasteiger partial charge in [-0.05, 0) is 31.4 Å². The van der Waals surface area contributed by atoms with Crippen LogP contribution in [0.4, 0.5) is 5.82 Å². The lowest BCUT2D eigenvalue weighted by Gasteiger charge is -2.16. The minimum absolute atomic E-state index is 0.298. The molecule has 0 aromatic carbocycles. The molecule has 92 valence electrons. The molecule has 2 fully saturated rings. The maximum Gasteiger partial charge on any atom is 0.151 e. The van der Waals surface area contributed by atoms with Crippen LogP contribution in [0.15, 0.2) is 12.1 Å². The first-order chi connectivity index (χ1) is 8.33. The molecule has 1 aromatic rings. The fourth-order valence-electron chi connectivity index (χ4n) is 2.94. The van der Waals surface area contributed by atoms with Crippen LogP contribution in [0.1, 0.15) is 43.7 Å². The Labute approximate surface area is 102 Å². The first kappa shape index (κ1) is 11.0. The summed E-state index contributed by atoms with van der Waals surface area (Å²) in [6.07, 6.45) is 6.31. The number of hydrogen-bond donors (Lipinski definition) is 1. The molecule has 1 saturated carbocycles. The summed E-state index contributed by atoms with van der Waals surface area (Å²) in [5.74, 6) is 1.64. The SMILES string of the molecule is NC1CCN(c2ccc(C3CCCC3)nn2)C1. The summed E-state index contributed by atoms with van der Waals surface area (Å²) in [7, 11) is 0. The minimum atomic E-state index is 0.298. The molecule has 1 aromatic heterocycles. The van der Waals surface area contributed by atoms with E-state index in [-0.39, 0.29) is 0 Å². The molecule has 4 nitrogen and oxygen atoms in total. The molecule has 2 heterocycles. The Morgan fingerprint density at radius 1 is 1.12 bits per heavy atom. The van der Waals surface area contributed by atoms with E-state index in [1.165, 1.54) is 31.4 Å². The van der Waals surface area contributed by atoms with Crippen LogP contribution < -0.4 is 10.6 Å². The van der Waals surface area contributed by atoms with Crippen LogP contribution in [0.3, 0.4) is 0 Å². The first-order valence-electron chi connectivity index (χ1n) is 6.67.